The van der Waals surface area contributed by atoms with E-state index in [-0.39, 0.29) is 0 Å². The summed E-state index contributed by atoms with van der Waals surface area (Å²) in [4.78, 5) is 15.2. The van der Waals surface area contributed by atoms with E-state index in [1.165, 1.54) is 0 Å². The van der Waals surface area contributed by atoms with Crippen LogP contribution in [0.25, 0.3) is 0 Å². The number of aliphatic imine (C=N–C) groups is 1. The van der Waals surface area contributed by atoms with E-state index in [9.17, 15) is 4.79 Å². The van der Waals surface area contributed by atoms with Gasteiger partial charge in [0.2, 0.25) is 6.08 Å². The fraction of sp³-hybridized carbons (Fsp3) is 0.562. The molecule has 0 aliphatic heterocycles. The van der Waals surface area contributed by atoms with Crippen molar-refractivity contribution < 1.29 is 14.3 Å². The van der Waals surface area contributed by atoms with E-state index >= 15 is 0 Å². The third-order valence-electron chi connectivity index (χ3n) is 4.22. The maximum absolute atomic E-state index is 11.0. The second kappa shape index (κ2) is 6.63. The van der Waals surface area contributed by atoms with Crippen LogP contribution in [-0.2, 0) is 16.8 Å². The third kappa shape index (κ3) is 2.72. The average molecular weight is 354 g/mol. The normalized spacial score (nSPS) is 16.4. The Labute approximate surface area is 133 Å². The lowest BCUT2D eigenvalue weighted by Crippen LogP contribution is -2.21. The number of ether oxygens (including phenoxy) is 2. The number of benzene rings is 1. The minimum Gasteiger partial charge on any atom is -0.493 e. The van der Waals surface area contributed by atoms with E-state index in [0.717, 1.165) is 47.7 Å². The highest BCUT2D eigenvalue weighted by atomic mass is 79.9. The van der Waals surface area contributed by atoms with Crippen LogP contribution in [0.2, 0.25) is 0 Å². The molecule has 1 aromatic rings. The van der Waals surface area contributed by atoms with Gasteiger partial charge in [0.1, 0.15) is 5.54 Å². The Kier molecular flexibility index (Phi) is 5.07. The number of hydrogen-bond donors (Lipinski definition) is 0. The summed E-state index contributed by atoms with van der Waals surface area (Å²) < 4.78 is 12.0. The van der Waals surface area contributed by atoms with Crippen LogP contribution in [0.15, 0.2) is 15.5 Å². The molecule has 0 heterocycles. The Hall–Kier alpha value is -1.32. The first-order valence-electron chi connectivity index (χ1n) is 7.16. The summed E-state index contributed by atoms with van der Waals surface area (Å²) in [5.74, 6) is 1.34. The van der Waals surface area contributed by atoms with Gasteiger partial charge in [-0.05, 0) is 46.8 Å². The van der Waals surface area contributed by atoms with Crippen LogP contribution in [0, 0.1) is 0 Å². The van der Waals surface area contributed by atoms with Gasteiger partial charge < -0.3 is 9.47 Å². The minimum atomic E-state index is -0.551. The zero-order valence-electron chi connectivity index (χ0n) is 12.7. The van der Waals surface area contributed by atoms with Gasteiger partial charge in [-0.3, -0.25) is 0 Å². The van der Waals surface area contributed by atoms with Crippen LogP contribution in [0.5, 0.6) is 11.5 Å². The van der Waals surface area contributed by atoms with Gasteiger partial charge in [-0.1, -0.05) is 19.8 Å². The first kappa shape index (κ1) is 16.1. The minimum absolute atomic E-state index is 0.551. The molecule has 0 atom stereocenters. The topological polar surface area (TPSA) is 47.9 Å². The van der Waals surface area contributed by atoms with Crippen molar-refractivity contribution >= 4 is 22.0 Å². The summed E-state index contributed by atoms with van der Waals surface area (Å²) in [6.45, 7) is 2.08. The maximum Gasteiger partial charge on any atom is 0.235 e. The van der Waals surface area contributed by atoms with Gasteiger partial charge in [-0.25, -0.2) is 4.79 Å². The predicted molar refractivity (Wildman–Crippen MR) is 84.9 cm³/mol. The lowest BCUT2D eigenvalue weighted by molar-refractivity contribution is 0.336. The summed E-state index contributed by atoms with van der Waals surface area (Å²) in [6, 6.07) is 1.97. The Balaban J connectivity index is 2.78. The smallest absolute Gasteiger partial charge is 0.235 e. The number of nitrogens with zero attached hydrogens (tertiary/aromatic N) is 1. The fourth-order valence-corrected chi connectivity index (χ4v) is 4.11. The number of carbonyl (C=O) groups excluding carboxylic acids is 1. The number of hydrogen-bond acceptors (Lipinski definition) is 4. The van der Waals surface area contributed by atoms with Crippen LogP contribution in [0.1, 0.15) is 43.7 Å². The zero-order chi connectivity index (χ0) is 15.5. The van der Waals surface area contributed by atoms with Crippen LogP contribution in [0.3, 0.4) is 0 Å². The van der Waals surface area contributed by atoms with Crippen molar-refractivity contribution in [3.63, 3.8) is 0 Å². The predicted octanol–water partition coefficient (Wildman–Crippen LogP) is 4.13. The van der Waals surface area contributed by atoms with Crippen molar-refractivity contribution in [2.75, 3.05) is 14.2 Å². The molecule has 0 amide bonds. The lowest BCUT2D eigenvalue weighted by atomic mass is 9.86. The molecule has 4 nitrogen and oxygen atoms in total. The Morgan fingerprint density at radius 1 is 1.33 bits per heavy atom. The molecule has 0 bridgehead atoms. The Morgan fingerprint density at radius 2 is 2.00 bits per heavy atom. The van der Waals surface area contributed by atoms with Gasteiger partial charge in [-0.2, -0.15) is 4.99 Å². The summed E-state index contributed by atoms with van der Waals surface area (Å²) in [7, 11) is 3.24. The van der Waals surface area contributed by atoms with Gasteiger partial charge in [0, 0.05) is 10.0 Å². The first-order valence-corrected chi connectivity index (χ1v) is 7.95. The van der Waals surface area contributed by atoms with Crippen LogP contribution < -0.4 is 9.47 Å². The van der Waals surface area contributed by atoms with Gasteiger partial charge in [0.05, 0.1) is 14.2 Å². The molecule has 5 heteroatoms. The first-order chi connectivity index (χ1) is 10.1. The molecule has 0 N–H and O–H groups in total. The highest BCUT2D eigenvalue weighted by molar-refractivity contribution is 9.10. The fourth-order valence-electron chi connectivity index (χ4n) is 3.16. The summed E-state index contributed by atoms with van der Waals surface area (Å²) in [5.41, 5.74) is 1.49. The monoisotopic (exact) mass is 353 g/mol. The van der Waals surface area contributed by atoms with E-state index in [0.29, 0.717) is 11.5 Å². The molecule has 1 saturated carbocycles. The molecule has 0 radical (unpaired) electrons. The van der Waals surface area contributed by atoms with E-state index < -0.39 is 5.54 Å². The standard InChI is InChI=1S/C16H20BrNO3/c1-4-11-9-12(20-2)15(21-3)13(14(11)17)16(18-10-19)7-5-6-8-16/h9H,4-8H2,1-3H3. The van der Waals surface area contributed by atoms with Crippen molar-refractivity contribution in [1.82, 2.24) is 0 Å². The van der Waals surface area contributed by atoms with Crippen molar-refractivity contribution in [3.05, 3.63) is 21.7 Å². The number of halogens is 1. The number of rotatable bonds is 5. The SMILES string of the molecule is CCc1cc(OC)c(OC)c(C2(N=C=O)CCCC2)c1Br. The molecule has 1 aliphatic rings. The molecule has 1 fully saturated rings. The number of isocyanates is 1. The highest BCUT2D eigenvalue weighted by Gasteiger charge is 2.41. The molecule has 0 saturated heterocycles. The van der Waals surface area contributed by atoms with E-state index in [4.69, 9.17) is 9.47 Å². The second-order valence-electron chi connectivity index (χ2n) is 5.26. The summed E-state index contributed by atoms with van der Waals surface area (Å²) >= 11 is 3.69. The molecular formula is C16H20BrNO3. The van der Waals surface area contributed by atoms with Crippen LogP contribution in [0.4, 0.5) is 0 Å². The number of methoxy groups -OCH3 is 2. The Morgan fingerprint density at radius 3 is 2.48 bits per heavy atom. The molecule has 2 rings (SSSR count). The lowest BCUT2D eigenvalue weighted by Gasteiger charge is -2.28. The van der Waals surface area contributed by atoms with Crippen molar-refractivity contribution in [3.8, 4) is 11.5 Å². The number of aryl methyl sites for hydroxylation is 1. The third-order valence-corrected chi connectivity index (χ3v) is 5.12. The molecule has 0 spiro atoms. The van der Waals surface area contributed by atoms with E-state index in [1.54, 1.807) is 20.3 Å². The van der Waals surface area contributed by atoms with Crippen molar-refractivity contribution in [2.45, 2.75) is 44.6 Å². The molecule has 1 aromatic carbocycles. The molecule has 0 aromatic heterocycles. The van der Waals surface area contributed by atoms with E-state index in [1.807, 2.05) is 6.07 Å². The Bertz CT molecular complexity index is 573. The quantitative estimate of drug-likeness (QED) is 0.590. The van der Waals surface area contributed by atoms with Gasteiger partial charge >= 0.3 is 0 Å². The van der Waals surface area contributed by atoms with Crippen molar-refractivity contribution in [2.24, 2.45) is 4.99 Å². The molecule has 1 aliphatic carbocycles. The van der Waals surface area contributed by atoms with E-state index in [2.05, 4.69) is 27.8 Å². The second-order valence-corrected chi connectivity index (χ2v) is 6.05. The highest BCUT2D eigenvalue weighted by Crippen LogP contribution is 2.52. The molecule has 114 valence electrons. The van der Waals surface area contributed by atoms with Crippen molar-refractivity contribution in [1.29, 1.82) is 0 Å². The maximum atomic E-state index is 11.0. The molecule has 21 heavy (non-hydrogen) atoms. The summed E-state index contributed by atoms with van der Waals surface area (Å²) in [5, 5.41) is 0. The van der Waals surface area contributed by atoms with Gasteiger partial charge in [0.25, 0.3) is 0 Å². The molecular weight excluding hydrogens is 334 g/mol. The molecule has 0 unspecified atom stereocenters. The van der Waals surface area contributed by atoms with Crippen LogP contribution in [-0.4, -0.2) is 20.3 Å². The average Bonchev–Trinajstić information content (AvgIpc) is 2.96. The van der Waals surface area contributed by atoms with Gasteiger partial charge in [-0.15, -0.1) is 0 Å². The van der Waals surface area contributed by atoms with Gasteiger partial charge in [0.15, 0.2) is 11.5 Å². The largest absolute Gasteiger partial charge is 0.493 e. The zero-order valence-corrected chi connectivity index (χ0v) is 14.2. The van der Waals surface area contributed by atoms with Crippen LogP contribution >= 0.6 is 15.9 Å². The summed E-state index contributed by atoms with van der Waals surface area (Å²) in [6.07, 6.45) is 6.35.